The van der Waals surface area contributed by atoms with E-state index in [1.54, 1.807) is 0 Å². The largest absolute Gasteiger partial charge is 0.0851 e. The third-order valence-electron chi connectivity index (χ3n) is 4.64. The molecule has 0 saturated heterocycles. The number of fused-ring (bicyclic) bond motifs is 3. The summed E-state index contributed by atoms with van der Waals surface area (Å²) >= 11 is 0. The summed E-state index contributed by atoms with van der Waals surface area (Å²) in [5, 5.41) is 0. The summed E-state index contributed by atoms with van der Waals surface area (Å²) in [7, 11) is 0. The zero-order chi connectivity index (χ0) is 13.2. The van der Waals surface area contributed by atoms with Crippen LogP contribution in [0.3, 0.4) is 0 Å². The third-order valence-corrected chi connectivity index (χ3v) is 4.64. The van der Waals surface area contributed by atoms with Gasteiger partial charge >= 0.3 is 0 Å². The Morgan fingerprint density at radius 2 is 1.79 bits per heavy atom. The van der Waals surface area contributed by atoms with Gasteiger partial charge in [0.2, 0.25) is 0 Å². The molecule has 0 amide bonds. The molecule has 1 aromatic rings. The molecule has 4 rings (SSSR count). The molecular formula is C19H24. The molecular weight excluding hydrogens is 228 g/mol. The van der Waals surface area contributed by atoms with Crippen molar-refractivity contribution >= 4 is 6.08 Å². The number of hydrogen-bond acceptors (Lipinski definition) is 0. The number of rotatable bonds is 1. The van der Waals surface area contributed by atoms with E-state index in [4.69, 9.17) is 0 Å². The first-order valence-electron chi connectivity index (χ1n) is 7.70. The van der Waals surface area contributed by atoms with Gasteiger partial charge in [-0.15, -0.1) is 0 Å². The van der Waals surface area contributed by atoms with Crippen LogP contribution in [0.25, 0.3) is 6.08 Å². The molecule has 1 aromatic carbocycles. The highest BCUT2D eigenvalue weighted by Crippen LogP contribution is 2.38. The fourth-order valence-corrected chi connectivity index (χ4v) is 3.34. The molecule has 2 unspecified atom stereocenters. The van der Waals surface area contributed by atoms with Crippen LogP contribution >= 0.6 is 0 Å². The fourth-order valence-electron chi connectivity index (χ4n) is 3.34. The third kappa shape index (κ3) is 2.83. The zero-order valence-corrected chi connectivity index (χ0v) is 12.1. The number of benzene rings is 1. The van der Waals surface area contributed by atoms with Gasteiger partial charge in [0.05, 0.1) is 0 Å². The van der Waals surface area contributed by atoms with E-state index >= 15 is 0 Å². The van der Waals surface area contributed by atoms with E-state index < -0.39 is 0 Å². The minimum Gasteiger partial charge on any atom is -0.0851 e. The Morgan fingerprint density at radius 3 is 2.32 bits per heavy atom. The van der Waals surface area contributed by atoms with E-state index in [0.717, 1.165) is 18.3 Å². The maximum atomic E-state index is 2.38. The average Bonchev–Trinajstić information content (AvgIpc) is 3.15. The topological polar surface area (TPSA) is 0 Å². The lowest BCUT2D eigenvalue weighted by Gasteiger charge is -2.07. The van der Waals surface area contributed by atoms with Crippen molar-refractivity contribution in [2.75, 3.05) is 0 Å². The second kappa shape index (κ2) is 5.36. The van der Waals surface area contributed by atoms with Crippen LogP contribution in [-0.4, -0.2) is 0 Å². The summed E-state index contributed by atoms with van der Waals surface area (Å²) < 4.78 is 0. The Labute approximate surface area is 117 Å². The van der Waals surface area contributed by atoms with Crippen molar-refractivity contribution in [1.29, 1.82) is 0 Å². The van der Waals surface area contributed by atoms with Gasteiger partial charge in [-0.05, 0) is 60.1 Å². The molecule has 0 heteroatoms. The summed E-state index contributed by atoms with van der Waals surface area (Å²) in [5.41, 5.74) is 4.33. The Balaban J connectivity index is 0.000000132. The minimum atomic E-state index is 0.643. The highest BCUT2D eigenvalue weighted by molar-refractivity contribution is 5.60. The van der Waals surface area contributed by atoms with Crippen molar-refractivity contribution in [1.82, 2.24) is 0 Å². The molecule has 0 radical (unpaired) electrons. The summed E-state index contributed by atoms with van der Waals surface area (Å²) in [5.74, 6) is 2.62. The molecule has 0 heterocycles. The quantitative estimate of drug-likeness (QED) is 0.591. The van der Waals surface area contributed by atoms with Crippen molar-refractivity contribution < 1.29 is 0 Å². The molecule has 0 aromatic heterocycles. The maximum absolute atomic E-state index is 2.38. The Hall–Kier alpha value is -1.30. The van der Waals surface area contributed by atoms with Crippen LogP contribution in [0, 0.1) is 11.8 Å². The van der Waals surface area contributed by atoms with Gasteiger partial charge in [0.15, 0.2) is 0 Å². The number of hydrogen-bond donors (Lipinski definition) is 0. The lowest BCUT2D eigenvalue weighted by molar-refractivity contribution is 0.691. The normalized spacial score (nSPS) is 25.6. The van der Waals surface area contributed by atoms with Crippen LogP contribution in [0.2, 0.25) is 0 Å². The molecule has 0 nitrogen and oxygen atoms in total. The molecule has 0 spiro atoms. The van der Waals surface area contributed by atoms with Crippen molar-refractivity contribution in [3.05, 3.63) is 53.1 Å². The monoisotopic (exact) mass is 252 g/mol. The first-order valence-corrected chi connectivity index (χ1v) is 7.70. The van der Waals surface area contributed by atoms with Crippen molar-refractivity contribution in [3.8, 4) is 0 Å². The van der Waals surface area contributed by atoms with Gasteiger partial charge in [-0.2, -0.15) is 0 Å². The highest BCUT2D eigenvalue weighted by Gasteiger charge is 2.25. The molecule has 1 saturated carbocycles. The van der Waals surface area contributed by atoms with Gasteiger partial charge in [0.25, 0.3) is 0 Å². The molecule has 19 heavy (non-hydrogen) atoms. The van der Waals surface area contributed by atoms with Gasteiger partial charge in [-0.25, -0.2) is 0 Å². The minimum absolute atomic E-state index is 0.643. The van der Waals surface area contributed by atoms with Crippen LogP contribution < -0.4 is 0 Å². The Morgan fingerprint density at radius 1 is 1.05 bits per heavy atom. The number of allylic oxidation sites excluding steroid dienone is 3. The van der Waals surface area contributed by atoms with Gasteiger partial charge < -0.3 is 0 Å². The van der Waals surface area contributed by atoms with Gasteiger partial charge in [0.1, 0.15) is 0 Å². The lowest BCUT2D eigenvalue weighted by atomic mass is 9.99. The van der Waals surface area contributed by atoms with Crippen LogP contribution in [-0.2, 0) is 6.42 Å². The predicted octanol–water partition coefficient (Wildman–Crippen LogP) is 5.35. The molecule has 3 aliphatic rings. The zero-order valence-electron chi connectivity index (χ0n) is 12.1. The van der Waals surface area contributed by atoms with Gasteiger partial charge in [-0.1, -0.05) is 56.4 Å². The maximum Gasteiger partial charge on any atom is -0.00882 e. The standard InChI is InChI=1S/C12H14.C7H10/c1-9(2)11-7-6-10-4-3-5-12(10)8-11;1-2-7-4-3-6(1)5-7/h3,5-9H,4H2,1-2H3;1-2,6-7H,3-5H2. The first kappa shape index (κ1) is 12.7. The SMILES string of the molecule is C1=CC2CCC1C2.CC(C)c1ccc2c(c1)C=CC2. The average molecular weight is 252 g/mol. The molecule has 3 aliphatic carbocycles. The first-order chi connectivity index (χ1) is 9.22. The van der Waals surface area contributed by atoms with Crippen LogP contribution in [0.4, 0.5) is 0 Å². The summed E-state index contributed by atoms with van der Waals surface area (Å²) in [4.78, 5) is 0. The van der Waals surface area contributed by atoms with Gasteiger partial charge in [0, 0.05) is 0 Å². The van der Waals surface area contributed by atoms with Crippen molar-refractivity contribution in [2.45, 2.75) is 45.4 Å². The summed E-state index contributed by atoms with van der Waals surface area (Å²) in [6.07, 6.45) is 14.8. The van der Waals surface area contributed by atoms with Crippen molar-refractivity contribution in [2.24, 2.45) is 11.8 Å². The van der Waals surface area contributed by atoms with Crippen LogP contribution in [0.5, 0.6) is 0 Å². The highest BCUT2D eigenvalue weighted by atomic mass is 14.3. The molecule has 0 aliphatic heterocycles. The fraction of sp³-hybridized carbons (Fsp3) is 0.474. The second-order valence-electron chi connectivity index (χ2n) is 6.44. The van der Waals surface area contributed by atoms with E-state index in [9.17, 15) is 0 Å². The van der Waals surface area contributed by atoms with E-state index in [1.165, 1.54) is 36.0 Å². The second-order valence-corrected chi connectivity index (χ2v) is 6.44. The van der Waals surface area contributed by atoms with Crippen LogP contribution in [0.15, 0.2) is 36.4 Å². The molecule has 1 fully saturated rings. The smallest absolute Gasteiger partial charge is 0.00882 e. The predicted molar refractivity (Wildman–Crippen MR) is 83.2 cm³/mol. The summed E-state index contributed by atoms with van der Waals surface area (Å²) in [6.45, 7) is 4.47. The Bertz CT molecular complexity index is 493. The van der Waals surface area contributed by atoms with Gasteiger partial charge in [-0.3, -0.25) is 0 Å². The van der Waals surface area contributed by atoms with Crippen LogP contribution in [0.1, 0.15) is 55.7 Å². The Kier molecular flexibility index (Phi) is 3.59. The molecule has 2 bridgehead atoms. The molecule has 100 valence electrons. The molecule has 2 atom stereocenters. The lowest BCUT2D eigenvalue weighted by Crippen LogP contribution is -1.89. The van der Waals surface area contributed by atoms with E-state index in [-0.39, 0.29) is 0 Å². The molecule has 0 N–H and O–H groups in total. The van der Waals surface area contributed by atoms with E-state index in [1.807, 2.05) is 0 Å². The summed E-state index contributed by atoms with van der Waals surface area (Å²) in [6, 6.07) is 6.81. The van der Waals surface area contributed by atoms with Crippen molar-refractivity contribution in [3.63, 3.8) is 0 Å². The van der Waals surface area contributed by atoms with E-state index in [0.29, 0.717) is 5.92 Å². The van der Waals surface area contributed by atoms with E-state index in [2.05, 4.69) is 56.4 Å².